The molecule has 0 unspecified atom stereocenters. The van der Waals surface area contributed by atoms with E-state index in [0.29, 0.717) is 11.4 Å². The number of nitrogen functional groups attached to an aromatic ring is 1. The molecular formula is C9H14N4O. The number of amides is 1. The molecule has 14 heavy (non-hydrogen) atoms. The molecule has 0 radical (unpaired) electrons. The number of nitrogens with one attached hydrogen (secondary N) is 1. The summed E-state index contributed by atoms with van der Waals surface area (Å²) in [6.07, 6.45) is 3.14. The molecule has 0 saturated carbocycles. The van der Waals surface area contributed by atoms with Crippen LogP contribution in [0.25, 0.3) is 0 Å². The van der Waals surface area contributed by atoms with E-state index in [0.717, 1.165) is 0 Å². The van der Waals surface area contributed by atoms with E-state index in [-0.39, 0.29) is 0 Å². The molecule has 0 fully saturated rings. The molecular weight excluding hydrogens is 180 g/mol. The SMILES string of the molecule is CC(C)(Nc1cnccc1N)C(N)=O. The first-order valence-electron chi connectivity index (χ1n) is 4.21. The van der Waals surface area contributed by atoms with Crippen LogP contribution in [0.1, 0.15) is 13.8 Å². The Morgan fingerprint density at radius 3 is 2.71 bits per heavy atom. The van der Waals surface area contributed by atoms with Crippen LogP contribution in [-0.4, -0.2) is 16.4 Å². The van der Waals surface area contributed by atoms with Crippen molar-refractivity contribution in [2.75, 3.05) is 11.1 Å². The van der Waals surface area contributed by atoms with Crippen molar-refractivity contribution in [1.29, 1.82) is 0 Å². The van der Waals surface area contributed by atoms with Gasteiger partial charge in [-0.2, -0.15) is 0 Å². The van der Waals surface area contributed by atoms with E-state index in [2.05, 4.69) is 10.3 Å². The maximum Gasteiger partial charge on any atom is 0.242 e. The molecule has 0 atom stereocenters. The lowest BCUT2D eigenvalue weighted by atomic mass is 10.0. The smallest absolute Gasteiger partial charge is 0.242 e. The van der Waals surface area contributed by atoms with E-state index in [1.54, 1.807) is 32.3 Å². The van der Waals surface area contributed by atoms with Crippen LogP contribution in [0.4, 0.5) is 11.4 Å². The van der Waals surface area contributed by atoms with Gasteiger partial charge in [0.15, 0.2) is 0 Å². The lowest BCUT2D eigenvalue weighted by molar-refractivity contribution is -0.121. The Hall–Kier alpha value is -1.78. The van der Waals surface area contributed by atoms with Gasteiger partial charge in [-0.25, -0.2) is 0 Å². The van der Waals surface area contributed by atoms with Crippen molar-refractivity contribution in [2.45, 2.75) is 19.4 Å². The van der Waals surface area contributed by atoms with Gasteiger partial charge < -0.3 is 16.8 Å². The Labute approximate surface area is 82.5 Å². The van der Waals surface area contributed by atoms with Crippen molar-refractivity contribution in [3.05, 3.63) is 18.5 Å². The van der Waals surface area contributed by atoms with E-state index in [1.165, 1.54) is 0 Å². The van der Waals surface area contributed by atoms with Gasteiger partial charge in [-0.15, -0.1) is 0 Å². The standard InChI is InChI=1S/C9H14N4O/c1-9(2,8(11)14)13-7-5-12-4-3-6(7)10/h3-5,13H,1-2H3,(H2,10,12)(H2,11,14). The highest BCUT2D eigenvalue weighted by Gasteiger charge is 2.24. The number of hydrogen-bond acceptors (Lipinski definition) is 4. The lowest BCUT2D eigenvalue weighted by Crippen LogP contribution is -2.45. The van der Waals surface area contributed by atoms with E-state index in [1.807, 2.05) is 0 Å². The molecule has 0 saturated heterocycles. The largest absolute Gasteiger partial charge is 0.397 e. The number of rotatable bonds is 3. The fourth-order valence-corrected chi connectivity index (χ4v) is 0.908. The van der Waals surface area contributed by atoms with Crippen LogP contribution in [0.3, 0.4) is 0 Å². The fraction of sp³-hybridized carbons (Fsp3) is 0.333. The molecule has 5 N–H and O–H groups in total. The summed E-state index contributed by atoms with van der Waals surface area (Å²) in [6.45, 7) is 3.36. The highest BCUT2D eigenvalue weighted by molar-refractivity contribution is 5.88. The number of carbonyl (C=O) groups excluding carboxylic acids is 1. The van der Waals surface area contributed by atoms with Gasteiger partial charge in [0.1, 0.15) is 5.54 Å². The Balaban J connectivity index is 2.89. The first-order valence-corrected chi connectivity index (χ1v) is 4.21. The van der Waals surface area contributed by atoms with E-state index < -0.39 is 11.4 Å². The molecule has 1 aromatic rings. The van der Waals surface area contributed by atoms with Gasteiger partial charge >= 0.3 is 0 Å². The van der Waals surface area contributed by atoms with Crippen LogP contribution < -0.4 is 16.8 Å². The number of hydrogen-bond donors (Lipinski definition) is 3. The van der Waals surface area contributed by atoms with Crippen LogP contribution in [0.2, 0.25) is 0 Å². The van der Waals surface area contributed by atoms with Gasteiger partial charge in [0.2, 0.25) is 5.91 Å². The van der Waals surface area contributed by atoms with E-state index >= 15 is 0 Å². The number of nitrogens with zero attached hydrogens (tertiary/aromatic N) is 1. The fourth-order valence-electron chi connectivity index (χ4n) is 0.908. The van der Waals surface area contributed by atoms with Gasteiger partial charge in [0, 0.05) is 6.20 Å². The third kappa shape index (κ3) is 2.12. The van der Waals surface area contributed by atoms with Gasteiger partial charge in [-0.3, -0.25) is 9.78 Å². The van der Waals surface area contributed by atoms with Crippen molar-refractivity contribution in [3.8, 4) is 0 Å². The molecule has 5 heteroatoms. The van der Waals surface area contributed by atoms with Crippen molar-refractivity contribution < 1.29 is 4.79 Å². The minimum Gasteiger partial charge on any atom is -0.397 e. The maximum atomic E-state index is 11.0. The van der Waals surface area contributed by atoms with Gasteiger partial charge in [0.25, 0.3) is 0 Å². The van der Waals surface area contributed by atoms with Crippen molar-refractivity contribution in [2.24, 2.45) is 5.73 Å². The summed E-state index contributed by atoms with van der Waals surface area (Å²) < 4.78 is 0. The first kappa shape index (κ1) is 10.3. The summed E-state index contributed by atoms with van der Waals surface area (Å²) in [6, 6.07) is 1.65. The average molecular weight is 194 g/mol. The van der Waals surface area contributed by atoms with Crippen LogP contribution >= 0.6 is 0 Å². The zero-order valence-corrected chi connectivity index (χ0v) is 8.24. The molecule has 76 valence electrons. The molecule has 0 bridgehead atoms. The number of aromatic nitrogens is 1. The predicted octanol–water partition coefficient (Wildman–Crippen LogP) is 0.340. The molecule has 0 aliphatic carbocycles. The molecule has 5 nitrogen and oxygen atoms in total. The maximum absolute atomic E-state index is 11.0. The Morgan fingerprint density at radius 2 is 2.21 bits per heavy atom. The molecule has 1 aromatic heterocycles. The van der Waals surface area contributed by atoms with Crippen molar-refractivity contribution in [1.82, 2.24) is 4.98 Å². The quantitative estimate of drug-likeness (QED) is 0.646. The number of primary amides is 1. The summed E-state index contributed by atoms with van der Waals surface area (Å²) in [5, 5.41) is 2.92. The Kier molecular flexibility index (Phi) is 2.60. The zero-order chi connectivity index (χ0) is 10.8. The third-order valence-corrected chi connectivity index (χ3v) is 1.92. The highest BCUT2D eigenvalue weighted by atomic mass is 16.1. The predicted molar refractivity (Wildman–Crippen MR) is 55.5 cm³/mol. The average Bonchev–Trinajstić information content (AvgIpc) is 2.08. The van der Waals surface area contributed by atoms with Crippen LogP contribution in [0, 0.1) is 0 Å². The minimum atomic E-state index is -0.836. The minimum absolute atomic E-state index is 0.444. The summed E-state index contributed by atoms with van der Waals surface area (Å²) in [7, 11) is 0. The normalized spacial score (nSPS) is 11.0. The lowest BCUT2D eigenvalue weighted by Gasteiger charge is -2.24. The monoisotopic (exact) mass is 194 g/mol. The van der Waals surface area contributed by atoms with Gasteiger partial charge in [-0.05, 0) is 19.9 Å². The topological polar surface area (TPSA) is 94.0 Å². The number of nitrogens with two attached hydrogens (primary N) is 2. The highest BCUT2D eigenvalue weighted by Crippen LogP contribution is 2.19. The molecule has 1 heterocycles. The number of anilines is 2. The van der Waals surface area contributed by atoms with Gasteiger partial charge in [0.05, 0.1) is 17.6 Å². The second-order valence-corrected chi connectivity index (χ2v) is 3.58. The van der Waals surface area contributed by atoms with Crippen LogP contribution in [-0.2, 0) is 4.79 Å². The summed E-state index contributed by atoms with van der Waals surface area (Å²) in [5.41, 5.74) is 11.2. The van der Waals surface area contributed by atoms with E-state index in [4.69, 9.17) is 11.5 Å². The molecule has 0 spiro atoms. The molecule has 0 aromatic carbocycles. The van der Waals surface area contributed by atoms with Crippen LogP contribution in [0.5, 0.6) is 0 Å². The first-order chi connectivity index (χ1) is 6.43. The second kappa shape index (κ2) is 3.53. The molecule has 0 aliphatic heterocycles. The second-order valence-electron chi connectivity index (χ2n) is 3.58. The molecule has 0 aliphatic rings. The Bertz CT molecular complexity index is 348. The van der Waals surface area contributed by atoms with Crippen molar-refractivity contribution in [3.63, 3.8) is 0 Å². The summed E-state index contributed by atoms with van der Waals surface area (Å²) in [5.74, 6) is -0.444. The summed E-state index contributed by atoms with van der Waals surface area (Å²) >= 11 is 0. The number of carbonyl (C=O) groups is 1. The Morgan fingerprint density at radius 1 is 1.57 bits per heavy atom. The van der Waals surface area contributed by atoms with E-state index in [9.17, 15) is 4.79 Å². The third-order valence-electron chi connectivity index (χ3n) is 1.92. The van der Waals surface area contributed by atoms with Crippen molar-refractivity contribution >= 4 is 17.3 Å². The molecule has 1 amide bonds. The molecule has 1 rings (SSSR count). The number of pyridine rings is 1. The van der Waals surface area contributed by atoms with Crippen LogP contribution in [0.15, 0.2) is 18.5 Å². The summed E-state index contributed by atoms with van der Waals surface area (Å²) in [4.78, 5) is 14.9. The zero-order valence-electron chi connectivity index (χ0n) is 8.24. The van der Waals surface area contributed by atoms with Gasteiger partial charge in [-0.1, -0.05) is 0 Å².